The van der Waals surface area contributed by atoms with Gasteiger partial charge in [-0.25, -0.2) is 0 Å². The van der Waals surface area contributed by atoms with Crippen LogP contribution in [0.3, 0.4) is 0 Å². The van der Waals surface area contributed by atoms with Crippen LogP contribution in [0.15, 0.2) is 77.7 Å². The lowest BCUT2D eigenvalue weighted by Gasteiger charge is -2.24. The van der Waals surface area contributed by atoms with E-state index in [0.717, 1.165) is 11.5 Å². The molecule has 3 aromatic rings. The summed E-state index contributed by atoms with van der Waals surface area (Å²) in [5, 5.41) is 3.72. The molecule has 0 saturated heterocycles. The molecule has 0 saturated carbocycles. The highest BCUT2D eigenvalue weighted by molar-refractivity contribution is 7.99. The standard InChI is InChI=1S/C21H21O2PS/c1-22-16-10-4-6-12-18(16)24(19-13-7-5-11-17(19)23-2)20-14-8-9-15-21(20)25-3/h4-15H,1-3H3. The van der Waals surface area contributed by atoms with Crippen LogP contribution in [0.2, 0.25) is 0 Å². The zero-order valence-corrected chi connectivity index (χ0v) is 16.3. The van der Waals surface area contributed by atoms with Crippen molar-refractivity contribution in [2.24, 2.45) is 0 Å². The van der Waals surface area contributed by atoms with Gasteiger partial charge in [0.05, 0.1) is 14.2 Å². The monoisotopic (exact) mass is 368 g/mol. The summed E-state index contributed by atoms with van der Waals surface area (Å²) >= 11 is 1.77. The maximum atomic E-state index is 5.68. The van der Waals surface area contributed by atoms with E-state index in [4.69, 9.17) is 9.47 Å². The maximum Gasteiger partial charge on any atom is 0.127 e. The summed E-state index contributed by atoms with van der Waals surface area (Å²) in [7, 11) is 2.67. The Morgan fingerprint density at radius 2 is 1.08 bits per heavy atom. The van der Waals surface area contributed by atoms with E-state index < -0.39 is 7.92 Å². The number of thioether (sulfide) groups is 1. The van der Waals surface area contributed by atoms with Gasteiger partial charge in [0.15, 0.2) is 0 Å². The van der Waals surface area contributed by atoms with E-state index in [-0.39, 0.29) is 0 Å². The van der Waals surface area contributed by atoms with Gasteiger partial charge in [-0.1, -0.05) is 54.6 Å². The summed E-state index contributed by atoms with van der Waals surface area (Å²) in [4.78, 5) is 1.28. The van der Waals surface area contributed by atoms with E-state index in [0.29, 0.717) is 0 Å². The third-order valence-electron chi connectivity index (χ3n) is 3.98. The van der Waals surface area contributed by atoms with Gasteiger partial charge in [-0.15, -0.1) is 11.8 Å². The third kappa shape index (κ3) is 3.68. The quantitative estimate of drug-likeness (QED) is 0.480. The zero-order chi connectivity index (χ0) is 17.6. The molecule has 0 aliphatic heterocycles. The Bertz CT molecular complexity index is 738. The maximum absolute atomic E-state index is 5.68. The van der Waals surface area contributed by atoms with Gasteiger partial charge in [0.25, 0.3) is 0 Å². The minimum absolute atomic E-state index is 0.797. The molecule has 0 bridgehead atoms. The molecular formula is C21H21O2PS. The van der Waals surface area contributed by atoms with Crippen LogP contribution in [0, 0.1) is 0 Å². The first kappa shape index (κ1) is 17.8. The summed E-state index contributed by atoms with van der Waals surface area (Å²) < 4.78 is 11.4. The lowest BCUT2D eigenvalue weighted by atomic mass is 10.3. The number of benzene rings is 3. The lowest BCUT2D eigenvalue weighted by molar-refractivity contribution is 0.417. The fourth-order valence-electron chi connectivity index (χ4n) is 2.83. The molecule has 128 valence electrons. The molecule has 25 heavy (non-hydrogen) atoms. The summed E-state index contributed by atoms with van der Waals surface area (Å²) in [6, 6.07) is 25.1. The highest BCUT2D eigenvalue weighted by atomic mass is 32.2. The molecule has 4 heteroatoms. The van der Waals surface area contributed by atoms with Crippen molar-refractivity contribution in [2.75, 3.05) is 20.5 Å². The van der Waals surface area contributed by atoms with Crippen molar-refractivity contribution in [3.63, 3.8) is 0 Å². The second-order valence-electron chi connectivity index (χ2n) is 5.35. The van der Waals surface area contributed by atoms with Crippen molar-refractivity contribution in [3.05, 3.63) is 72.8 Å². The lowest BCUT2D eigenvalue weighted by Crippen LogP contribution is -2.24. The smallest absolute Gasteiger partial charge is 0.127 e. The third-order valence-corrected chi connectivity index (χ3v) is 7.50. The normalized spacial score (nSPS) is 10.7. The number of ether oxygens (including phenoxy) is 2. The molecule has 0 heterocycles. The van der Waals surface area contributed by atoms with Crippen LogP contribution in [-0.4, -0.2) is 20.5 Å². The summed E-state index contributed by atoms with van der Waals surface area (Å²) in [5.41, 5.74) is 0. The fourth-order valence-corrected chi connectivity index (χ4v) is 6.42. The largest absolute Gasteiger partial charge is 0.496 e. The SMILES string of the molecule is COc1ccccc1P(c1ccccc1OC)c1ccccc1SC. The molecule has 0 unspecified atom stereocenters. The Morgan fingerprint density at radius 3 is 1.56 bits per heavy atom. The van der Waals surface area contributed by atoms with E-state index in [1.165, 1.54) is 20.8 Å². The summed E-state index contributed by atoms with van der Waals surface area (Å²) in [6.45, 7) is 0. The summed E-state index contributed by atoms with van der Waals surface area (Å²) in [5.74, 6) is 1.82. The molecule has 0 atom stereocenters. The Morgan fingerprint density at radius 1 is 0.640 bits per heavy atom. The van der Waals surface area contributed by atoms with Gasteiger partial charge in [-0.2, -0.15) is 0 Å². The number of hydrogen-bond donors (Lipinski definition) is 0. The molecule has 0 aliphatic rings. The Labute approximate surface area is 154 Å². The first-order valence-corrected chi connectivity index (χ1v) is 10.6. The Balaban J connectivity index is 2.29. The van der Waals surface area contributed by atoms with Gasteiger partial charge in [-0.05, 0) is 37.7 Å². The average molecular weight is 368 g/mol. The van der Waals surface area contributed by atoms with E-state index in [9.17, 15) is 0 Å². The fraction of sp³-hybridized carbons (Fsp3) is 0.143. The number of rotatable bonds is 6. The second-order valence-corrected chi connectivity index (χ2v) is 8.32. The first-order chi connectivity index (χ1) is 12.3. The van der Waals surface area contributed by atoms with E-state index in [2.05, 4.69) is 54.8 Å². The van der Waals surface area contributed by atoms with Crippen LogP contribution >= 0.6 is 19.7 Å². The van der Waals surface area contributed by atoms with Crippen molar-refractivity contribution in [1.82, 2.24) is 0 Å². The van der Waals surface area contributed by atoms with Crippen molar-refractivity contribution >= 4 is 35.6 Å². The van der Waals surface area contributed by atoms with Gasteiger partial charge in [0, 0.05) is 15.5 Å². The average Bonchev–Trinajstić information content (AvgIpc) is 2.69. The predicted octanol–water partition coefficient (Wildman–Crippen LogP) is 4.18. The topological polar surface area (TPSA) is 18.5 Å². The van der Waals surface area contributed by atoms with Crippen LogP contribution in [0.5, 0.6) is 11.5 Å². The molecule has 2 nitrogen and oxygen atoms in total. The molecule has 0 N–H and O–H groups in total. The first-order valence-electron chi connectivity index (χ1n) is 7.99. The molecule has 0 fully saturated rings. The highest BCUT2D eigenvalue weighted by Crippen LogP contribution is 2.41. The van der Waals surface area contributed by atoms with Gasteiger partial charge in [0.2, 0.25) is 0 Å². The van der Waals surface area contributed by atoms with Crippen LogP contribution in [-0.2, 0) is 0 Å². The summed E-state index contributed by atoms with van der Waals surface area (Å²) in [6.07, 6.45) is 2.12. The molecule has 0 aromatic heterocycles. The minimum Gasteiger partial charge on any atom is -0.496 e. The highest BCUT2D eigenvalue weighted by Gasteiger charge is 2.24. The van der Waals surface area contributed by atoms with Gasteiger partial charge >= 0.3 is 0 Å². The second kappa shape index (κ2) is 8.42. The predicted molar refractivity (Wildman–Crippen MR) is 110 cm³/mol. The molecule has 0 amide bonds. The van der Waals surface area contributed by atoms with E-state index in [1.807, 2.05) is 24.3 Å². The minimum atomic E-state index is -0.797. The van der Waals surface area contributed by atoms with Gasteiger partial charge in [0.1, 0.15) is 11.5 Å². The van der Waals surface area contributed by atoms with Gasteiger partial charge < -0.3 is 9.47 Å². The van der Waals surface area contributed by atoms with Gasteiger partial charge in [-0.3, -0.25) is 0 Å². The van der Waals surface area contributed by atoms with E-state index >= 15 is 0 Å². The van der Waals surface area contributed by atoms with E-state index in [1.54, 1.807) is 26.0 Å². The number of methoxy groups -OCH3 is 2. The Hall–Kier alpha value is -1.96. The van der Waals surface area contributed by atoms with Crippen LogP contribution in [0.1, 0.15) is 0 Å². The van der Waals surface area contributed by atoms with Crippen molar-refractivity contribution in [3.8, 4) is 11.5 Å². The molecule has 3 rings (SSSR count). The molecule has 3 aromatic carbocycles. The zero-order valence-electron chi connectivity index (χ0n) is 14.6. The van der Waals surface area contributed by atoms with Crippen LogP contribution < -0.4 is 25.4 Å². The molecule has 0 aliphatic carbocycles. The number of hydrogen-bond acceptors (Lipinski definition) is 3. The van der Waals surface area contributed by atoms with Crippen LogP contribution in [0.25, 0.3) is 0 Å². The molecular weight excluding hydrogens is 347 g/mol. The van der Waals surface area contributed by atoms with Crippen LogP contribution in [0.4, 0.5) is 0 Å². The van der Waals surface area contributed by atoms with Crippen molar-refractivity contribution in [1.29, 1.82) is 0 Å². The molecule has 0 radical (unpaired) electrons. The van der Waals surface area contributed by atoms with Crippen molar-refractivity contribution < 1.29 is 9.47 Å². The van der Waals surface area contributed by atoms with Crippen molar-refractivity contribution in [2.45, 2.75) is 4.90 Å². The molecule has 0 spiro atoms. The number of para-hydroxylation sites is 2. The Kier molecular flexibility index (Phi) is 6.01.